The quantitative estimate of drug-likeness (QED) is 0.647. The van der Waals surface area contributed by atoms with E-state index in [2.05, 4.69) is 0 Å². The van der Waals surface area contributed by atoms with Crippen LogP contribution in [0.2, 0.25) is 0 Å². The Balaban J connectivity index is 4.44. The summed E-state index contributed by atoms with van der Waals surface area (Å²) in [5.41, 5.74) is 0. The number of hydrogen-bond acceptors (Lipinski definition) is 0. The molecule has 0 aliphatic carbocycles. The molecule has 0 saturated carbocycles. The van der Waals surface area contributed by atoms with Crippen LogP contribution in [0.1, 0.15) is 12.8 Å². The van der Waals surface area contributed by atoms with Gasteiger partial charge in [0.2, 0.25) is 6.43 Å². The molecule has 0 aromatic carbocycles. The molecule has 0 amide bonds. The second kappa shape index (κ2) is 4.31. The monoisotopic (exact) mass is 230 g/mol. The fraction of sp³-hybridized carbons (Fsp3) is 1.00. The van der Waals surface area contributed by atoms with Crippen molar-refractivity contribution in [3.8, 4) is 0 Å². The van der Waals surface area contributed by atoms with Gasteiger partial charge in [0.05, 0.1) is 0 Å². The van der Waals surface area contributed by atoms with Crippen molar-refractivity contribution < 1.29 is 35.1 Å². The van der Waals surface area contributed by atoms with Crippen LogP contribution >= 0.6 is 0 Å². The van der Waals surface area contributed by atoms with E-state index in [1.807, 2.05) is 0 Å². The van der Waals surface area contributed by atoms with E-state index in [1.54, 1.807) is 0 Å². The number of halogens is 8. The Bertz CT molecular complexity index is 152. The van der Waals surface area contributed by atoms with E-state index in [4.69, 9.17) is 0 Å². The Morgan fingerprint density at radius 3 is 1.29 bits per heavy atom. The zero-order valence-corrected chi connectivity index (χ0v) is 6.59. The maximum atomic E-state index is 11.7. The number of rotatable bonds is 3. The molecule has 86 valence electrons. The van der Waals surface area contributed by atoms with Gasteiger partial charge in [-0.15, -0.1) is 0 Å². The van der Waals surface area contributed by atoms with Gasteiger partial charge in [-0.3, -0.25) is 0 Å². The molecule has 0 bridgehead atoms. The molecule has 0 heterocycles. The second-order valence-corrected chi connectivity index (χ2v) is 2.60. The van der Waals surface area contributed by atoms with Crippen molar-refractivity contribution in [3.05, 3.63) is 0 Å². The predicted octanol–water partition coefficient (Wildman–Crippen LogP) is 3.77. The van der Waals surface area contributed by atoms with Gasteiger partial charge in [0.25, 0.3) is 0 Å². The summed E-state index contributed by atoms with van der Waals surface area (Å²) in [6, 6.07) is 0. The zero-order chi connectivity index (χ0) is 11.6. The minimum absolute atomic E-state index is 1.41. The molecule has 0 nitrogen and oxygen atoms in total. The van der Waals surface area contributed by atoms with Gasteiger partial charge >= 0.3 is 12.4 Å². The largest absolute Gasteiger partial charge is 0.400 e. The molecular weight excluding hydrogens is 224 g/mol. The summed E-state index contributed by atoms with van der Waals surface area (Å²) >= 11 is 0. The molecule has 0 aliphatic heterocycles. The maximum absolute atomic E-state index is 11.7. The smallest absolute Gasteiger partial charge is 0.211 e. The van der Waals surface area contributed by atoms with Crippen molar-refractivity contribution in [2.75, 3.05) is 0 Å². The Morgan fingerprint density at radius 1 is 0.714 bits per heavy atom. The molecule has 0 N–H and O–H groups in total. The first-order valence-corrected chi connectivity index (χ1v) is 3.46. The third-order valence-corrected chi connectivity index (χ3v) is 1.46. The summed E-state index contributed by atoms with van der Waals surface area (Å²) in [6.07, 6.45) is -17.3. The summed E-state index contributed by atoms with van der Waals surface area (Å²) in [5.74, 6) is -3.66. The average Bonchev–Trinajstić information content (AvgIpc) is 1.78. The van der Waals surface area contributed by atoms with Crippen LogP contribution in [-0.4, -0.2) is 18.8 Å². The minimum Gasteiger partial charge on any atom is -0.211 e. The van der Waals surface area contributed by atoms with Gasteiger partial charge < -0.3 is 0 Å². The summed E-state index contributed by atoms with van der Waals surface area (Å²) in [6.45, 7) is 0. The third-order valence-electron chi connectivity index (χ3n) is 1.46. The average molecular weight is 230 g/mol. The van der Waals surface area contributed by atoms with Gasteiger partial charge in [0.15, 0.2) is 5.92 Å². The molecule has 0 atom stereocenters. The highest BCUT2D eigenvalue weighted by atomic mass is 19.4. The van der Waals surface area contributed by atoms with Gasteiger partial charge in [-0.2, -0.15) is 26.3 Å². The fourth-order valence-corrected chi connectivity index (χ4v) is 0.806. The first-order valence-electron chi connectivity index (χ1n) is 3.46. The molecule has 8 heteroatoms. The lowest BCUT2D eigenvalue weighted by Crippen LogP contribution is -2.36. The van der Waals surface area contributed by atoms with Gasteiger partial charge in [0, 0.05) is 6.42 Å². The normalized spacial score (nSPS) is 14.1. The summed E-state index contributed by atoms with van der Waals surface area (Å²) in [5, 5.41) is 0. The summed E-state index contributed by atoms with van der Waals surface area (Å²) in [4.78, 5) is 0. The maximum Gasteiger partial charge on any atom is 0.400 e. The van der Waals surface area contributed by atoms with Gasteiger partial charge in [0.1, 0.15) is 0 Å². The molecule has 0 aliphatic rings. The molecule has 0 saturated heterocycles. The summed E-state index contributed by atoms with van der Waals surface area (Å²) < 4.78 is 93.1. The van der Waals surface area contributed by atoms with Crippen molar-refractivity contribution in [2.24, 2.45) is 5.92 Å². The first-order chi connectivity index (χ1) is 6.05. The van der Waals surface area contributed by atoms with Crippen LogP contribution in [0.5, 0.6) is 0 Å². The zero-order valence-electron chi connectivity index (χ0n) is 6.59. The Labute approximate surface area is 73.9 Å². The van der Waals surface area contributed by atoms with Crippen LogP contribution in [0.3, 0.4) is 0 Å². The van der Waals surface area contributed by atoms with Crippen molar-refractivity contribution in [1.29, 1.82) is 0 Å². The molecule has 0 radical (unpaired) electrons. The standard InChI is InChI=1S/C6H6F8/c7-4(8)2-1-3(5(9,10)11)6(12,13)14/h3-4H,1-2H2. The van der Waals surface area contributed by atoms with Crippen LogP contribution in [-0.2, 0) is 0 Å². The van der Waals surface area contributed by atoms with E-state index >= 15 is 0 Å². The number of hydrogen-bond donors (Lipinski definition) is 0. The molecule has 0 spiro atoms. The highest BCUT2D eigenvalue weighted by molar-refractivity contribution is 4.75. The Kier molecular flexibility index (Phi) is 4.14. The molecular formula is C6H6F8. The van der Waals surface area contributed by atoms with Crippen molar-refractivity contribution in [2.45, 2.75) is 31.6 Å². The molecule has 14 heavy (non-hydrogen) atoms. The van der Waals surface area contributed by atoms with Gasteiger partial charge in [-0.05, 0) is 6.42 Å². The van der Waals surface area contributed by atoms with Gasteiger partial charge in [-0.1, -0.05) is 0 Å². The van der Waals surface area contributed by atoms with Crippen LogP contribution in [0.4, 0.5) is 35.1 Å². The predicted molar refractivity (Wildman–Crippen MR) is 30.8 cm³/mol. The molecule has 0 aromatic rings. The number of alkyl halides is 8. The highest BCUT2D eigenvalue weighted by Crippen LogP contribution is 2.42. The van der Waals surface area contributed by atoms with E-state index in [9.17, 15) is 35.1 Å². The van der Waals surface area contributed by atoms with Crippen LogP contribution in [0, 0.1) is 5.92 Å². The molecule has 0 unspecified atom stereocenters. The first kappa shape index (κ1) is 13.4. The SMILES string of the molecule is FC(F)CCC(C(F)(F)F)C(F)(F)F. The van der Waals surface area contributed by atoms with Crippen LogP contribution < -0.4 is 0 Å². The van der Waals surface area contributed by atoms with Gasteiger partial charge in [-0.25, -0.2) is 8.78 Å². The van der Waals surface area contributed by atoms with E-state index in [1.165, 1.54) is 0 Å². The topological polar surface area (TPSA) is 0 Å². The lowest BCUT2D eigenvalue weighted by atomic mass is 10.0. The van der Waals surface area contributed by atoms with E-state index in [-0.39, 0.29) is 0 Å². The Hall–Kier alpha value is -0.560. The summed E-state index contributed by atoms with van der Waals surface area (Å²) in [7, 11) is 0. The van der Waals surface area contributed by atoms with E-state index in [0.29, 0.717) is 0 Å². The molecule has 0 aromatic heterocycles. The molecule has 0 rings (SSSR count). The third kappa shape index (κ3) is 4.61. The van der Waals surface area contributed by atoms with E-state index < -0.39 is 37.5 Å². The highest BCUT2D eigenvalue weighted by Gasteiger charge is 2.56. The Morgan fingerprint density at radius 2 is 1.07 bits per heavy atom. The van der Waals surface area contributed by atoms with E-state index in [0.717, 1.165) is 0 Å². The van der Waals surface area contributed by atoms with Crippen LogP contribution in [0.25, 0.3) is 0 Å². The lowest BCUT2D eigenvalue weighted by Gasteiger charge is -2.22. The lowest BCUT2D eigenvalue weighted by molar-refractivity contribution is -0.286. The van der Waals surface area contributed by atoms with Crippen LogP contribution in [0.15, 0.2) is 0 Å². The van der Waals surface area contributed by atoms with Crippen molar-refractivity contribution >= 4 is 0 Å². The van der Waals surface area contributed by atoms with Crippen molar-refractivity contribution in [3.63, 3.8) is 0 Å². The molecule has 0 fully saturated rings. The van der Waals surface area contributed by atoms with Crippen molar-refractivity contribution in [1.82, 2.24) is 0 Å². The minimum atomic E-state index is -5.52. The fourth-order valence-electron chi connectivity index (χ4n) is 0.806. The second-order valence-electron chi connectivity index (χ2n) is 2.60.